The highest BCUT2D eigenvalue weighted by atomic mass is 16.5. The van der Waals surface area contributed by atoms with Crippen molar-refractivity contribution in [2.24, 2.45) is 0 Å². The van der Waals surface area contributed by atoms with Crippen molar-refractivity contribution in [2.75, 3.05) is 13.2 Å². The Morgan fingerprint density at radius 2 is 1.38 bits per heavy atom. The van der Waals surface area contributed by atoms with E-state index in [1.807, 2.05) is 24.3 Å². The predicted molar refractivity (Wildman–Crippen MR) is 80.2 cm³/mol. The van der Waals surface area contributed by atoms with Gasteiger partial charge in [0.2, 0.25) is 0 Å². The molecule has 1 N–H and O–H groups in total. The van der Waals surface area contributed by atoms with E-state index in [0.717, 1.165) is 12.2 Å². The van der Waals surface area contributed by atoms with E-state index in [9.17, 15) is 4.79 Å². The Hall–Kier alpha value is -2.49. The van der Waals surface area contributed by atoms with Gasteiger partial charge >= 0.3 is 5.97 Å². The average Bonchev–Trinajstić information content (AvgIpc) is 2.52. The first kappa shape index (κ1) is 14.9. The zero-order valence-electron chi connectivity index (χ0n) is 11.9. The largest absolute Gasteiger partial charge is 0.490 e. The number of rotatable bonds is 7. The molecular formula is C17H18O4. The summed E-state index contributed by atoms with van der Waals surface area (Å²) in [6.45, 7) is 2.95. The molecule has 0 aliphatic heterocycles. The maximum Gasteiger partial charge on any atom is 0.335 e. The van der Waals surface area contributed by atoms with Gasteiger partial charge in [-0.05, 0) is 48.4 Å². The minimum absolute atomic E-state index is 0.245. The third kappa shape index (κ3) is 4.53. The fourth-order valence-corrected chi connectivity index (χ4v) is 1.83. The van der Waals surface area contributed by atoms with Crippen LogP contribution in [0.4, 0.5) is 0 Å². The van der Waals surface area contributed by atoms with Crippen molar-refractivity contribution in [2.45, 2.75) is 13.3 Å². The first-order valence-corrected chi connectivity index (χ1v) is 6.87. The Bertz CT molecular complexity index is 573. The van der Waals surface area contributed by atoms with E-state index < -0.39 is 5.97 Å². The molecule has 21 heavy (non-hydrogen) atoms. The van der Waals surface area contributed by atoms with Gasteiger partial charge in [0.25, 0.3) is 0 Å². The van der Waals surface area contributed by atoms with Crippen molar-refractivity contribution in [3.05, 3.63) is 59.7 Å². The van der Waals surface area contributed by atoms with Crippen LogP contribution in [-0.4, -0.2) is 24.3 Å². The predicted octanol–water partition coefficient (Wildman–Crippen LogP) is 3.41. The smallest absolute Gasteiger partial charge is 0.335 e. The van der Waals surface area contributed by atoms with Gasteiger partial charge < -0.3 is 14.6 Å². The fourth-order valence-electron chi connectivity index (χ4n) is 1.83. The van der Waals surface area contributed by atoms with Crippen LogP contribution in [0.15, 0.2) is 48.5 Å². The Balaban J connectivity index is 1.74. The summed E-state index contributed by atoms with van der Waals surface area (Å²) in [6, 6.07) is 14.3. The van der Waals surface area contributed by atoms with Crippen molar-refractivity contribution in [1.29, 1.82) is 0 Å². The summed E-state index contributed by atoms with van der Waals surface area (Å²) < 4.78 is 11.1. The first-order chi connectivity index (χ1) is 10.2. The molecule has 0 unspecified atom stereocenters. The summed E-state index contributed by atoms with van der Waals surface area (Å²) in [7, 11) is 0. The summed E-state index contributed by atoms with van der Waals surface area (Å²) >= 11 is 0. The number of carbonyl (C=O) groups is 1. The molecule has 0 amide bonds. The number of ether oxygens (including phenoxy) is 2. The van der Waals surface area contributed by atoms with Crippen molar-refractivity contribution < 1.29 is 19.4 Å². The van der Waals surface area contributed by atoms with Crippen LogP contribution in [-0.2, 0) is 6.42 Å². The number of hydrogen-bond donors (Lipinski definition) is 1. The van der Waals surface area contributed by atoms with Crippen LogP contribution in [0.3, 0.4) is 0 Å². The maximum atomic E-state index is 10.7. The summed E-state index contributed by atoms with van der Waals surface area (Å²) in [4.78, 5) is 10.7. The van der Waals surface area contributed by atoms with E-state index in [-0.39, 0.29) is 5.56 Å². The van der Waals surface area contributed by atoms with Gasteiger partial charge in [0.1, 0.15) is 24.7 Å². The van der Waals surface area contributed by atoms with E-state index >= 15 is 0 Å². The summed E-state index contributed by atoms with van der Waals surface area (Å²) in [6.07, 6.45) is 1.01. The number of aryl methyl sites for hydroxylation is 1. The molecule has 0 spiro atoms. The molecule has 0 bridgehead atoms. The third-order valence-corrected chi connectivity index (χ3v) is 3.05. The fraction of sp³-hybridized carbons (Fsp3) is 0.235. The number of aromatic carboxylic acids is 1. The molecule has 0 aromatic heterocycles. The number of benzene rings is 2. The first-order valence-electron chi connectivity index (χ1n) is 6.87. The van der Waals surface area contributed by atoms with Gasteiger partial charge in [-0.15, -0.1) is 0 Å². The number of carboxylic acid groups (broad SMARTS) is 1. The molecule has 0 saturated heterocycles. The Labute approximate surface area is 123 Å². The number of carboxylic acids is 1. The molecular weight excluding hydrogens is 268 g/mol. The lowest BCUT2D eigenvalue weighted by atomic mass is 10.2. The second kappa shape index (κ2) is 7.33. The summed E-state index contributed by atoms with van der Waals surface area (Å²) in [5.41, 5.74) is 1.52. The summed E-state index contributed by atoms with van der Waals surface area (Å²) in [5.74, 6) is 0.502. The topological polar surface area (TPSA) is 55.8 Å². The van der Waals surface area contributed by atoms with E-state index in [4.69, 9.17) is 14.6 Å². The van der Waals surface area contributed by atoms with Crippen LogP contribution < -0.4 is 9.47 Å². The van der Waals surface area contributed by atoms with E-state index in [1.165, 1.54) is 17.7 Å². The minimum atomic E-state index is -0.944. The van der Waals surface area contributed by atoms with Crippen molar-refractivity contribution in [3.63, 3.8) is 0 Å². The van der Waals surface area contributed by atoms with E-state index in [0.29, 0.717) is 19.0 Å². The molecule has 0 aliphatic rings. The standard InChI is InChI=1S/C17H18O4/c1-2-13-3-7-15(8-4-13)20-11-12-21-16-9-5-14(6-10-16)17(18)19/h3-10H,2,11-12H2,1H3,(H,18,19). The highest BCUT2D eigenvalue weighted by molar-refractivity contribution is 5.87. The van der Waals surface area contributed by atoms with Gasteiger partial charge in [0.15, 0.2) is 0 Å². The highest BCUT2D eigenvalue weighted by Gasteiger charge is 2.02. The molecule has 4 heteroatoms. The lowest BCUT2D eigenvalue weighted by Gasteiger charge is -2.09. The second-order valence-corrected chi connectivity index (χ2v) is 4.52. The third-order valence-electron chi connectivity index (χ3n) is 3.05. The lowest BCUT2D eigenvalue weighted by Crippen LogP contribution is -2.09. The molecule has 0 saturated carbocycles. The van der Waals surface area contributed by atoms with Crippen molar-refractivity contribution >= 4 is 5.97 Å². The Morgan fingerprint density at radius 3 is 1.81 bits per heavy atom. The van der Waals surface area contributed by atoms with Crippen molar-refractivity contribution in [1.82, 2.24) is 0 Å². The van der Waals surface area contributed by atoms with E-state index in [1.54, 1.807) is 12.1 Å². The second-order valence-electron chi connectivity index (χ2n) is 4.52. The molecule has 4 nitrogen and oxygen atoms in total. The molecule has 0 atom stereocenters. The number of hydrogen-bond acceptors (Lipinski definition) is 3. The Morgan fingerprint density at radius 1 is 0.905 bits per heavy atom. The molecule has 110 valence electrons. The SMILES string of the molecule is CCc1ccc(OCCOc2ccc(C(=O)O)cc2)cc1. The minimum Gasteiger partial charge on any atom is -0.490 e. The lowest BCUT2D eigenvalue weighted by molar-refractivity contribution is 0.0697. The quantitative estimate of drug-likeness (QED) is 0.792. The van der Waals surface area contributed by atoms with Crippen LogP contribution in [0.2, 0.25) is 0 Å². The molecule has 0 radical (unpaired) electrons. The van der Waals surface area contributed by atoms with Gasteiger partial charge in [-0.1, -0.05) is 19.1 Å². The van der Waals surface area contributed by atoms with E-state index in [2.05, 4.69) is 6.92 Å². The zero-order chi connectivity index (χ0) is 15.1. The Kier molecular flexibility index (Phi) is 5.21. The average molecular weight is 286 g/mol. The van der Waals surface area contributed by atoms with Crippen LogP contribution in [0.1, 0.15) is 22.8 Å². The van der Waals surface area contributed by atoms with Crippen LogP contribution in [0, 0.1) is 0 Å². The van der Waals surface area contributed by atoms with Gasteiger partial charge in [-0.3, -0.25) is 0 Å². The molecule has 2 aromatic rings. The normalized spacial score (nSPS) is 10.1. The van der Waals surface area contributed by atoms with Gasteiger partial charge in [-0.25, -0.2) is 4.79 Å². The van der Waals surface area contributed by atoms with Crippen LogP contribution in [0.25, 0.3) is 0 Å². The van der Waals surface area contributed by atoms with Crippen LogP contribution >= 0.6 is 0 Å². The highest BCUT2D eigenvalue weighted by Crippen LogP contribution is 2.14. The molecule has 0 fully saturated rings. The molecule has 2 aromatic carbocycles. The maximum absolute atomic E-state index is 10.7. The summed E-state index contributed by atoms with van der Waals surface area (Å²) in [5, 5.41) is 8.79. The molecule has 2 rings (SSSR count). The van der Waals surface area contributed by atoms with Gasteiger partial charge in [0, 0.05) is 0 Å². The van der Waals surface area contributed by atoms with Gasteiger partial charge in [0.05, 0.1) is 5.56 Å². The van der Waals surface area contributed by atoms with Crippen molar-refractivity contribution in [3.8, 4) is 11.5 Å². The van der Waals surface area contributed by atoms with Gasteiger partial charge in [-0.2, -0.15) is 0 Å². The van der Waals surface area contributed by atoms with Crippen LogP contribution in [0.5, 0.6) is 11.5 Å². The monoisotopic (exact) mass is 286 g/mol. The molecule has 0 aliphatic carbocycles. The molecule has 0 heterocycles. The zero-order valence-corrected chi connectivity index (χ0v) is 11.9.